The van der Waals surface area contributed by atoms with Gasteiger partial charge in [-0.3, -0.25) is 9.78 Å². The topological polar surface area (TPSA) is 42.0 Å². The Morgan fingerprint density at radius 1 is 1.20 bits per heavy atom. The second-order valence-electron chi connectivity index (χ2n) is 7.38. The van der Waals surface area contributed by atoms with E-state index in [1.54, 1.807) is 6.20 Å². The molecule has 0 radical (unpaired) electrons. The van der Waals surface area contributed by atoms with Crippen LogP contribution >= 0.6 is 0 Å². The second kappa shape index (κ2) is 8.28. The van der Waals surface area contributed by atoms with E-state index in [0.29, 0.717) is 5.92 Å². The third-order valence-electron chi connectivity index (χ3n) is 4.78. The number of rotatable bonds is 7. The smallest absolute Gasteiger partial charge is 0.252 e. The molecule has 0 saturated heterocycles. The molecule has 1 amide bonds. The number of aryl methyl sites for hydroxylation is 1. The van der Waals surface area contributed by atoms with Crippen LogP contribution in [0.15, 0.2) is 42.6 Å². The van der Waals surface area contributed by atoms with Crippen LogP contribution in [-0.4, -0.2) is 10.9 Å². The van der Waals surface area contributed by atoms with Crippen molar-refractivity contribution >= 4 is 5.91 Å². The van der Waals surface area contributed by atoms with Gasteiger partial charge >= 0.3 is 0 Å². The summed E-state index contributed by atoms with van der Waals surface area (Å²) in [5, 5.41) is 3.18. The van der Waals surface area contributed by atoms with Crippen molar-refractivity contribution in [3.05, 3.63) is 65.0 Å². The maximum Gasteiger partial charge on any atom is 0.252 e. The molecule has 1 aromatic carbocycles. The molecule has 1 heterocycles. The molecule has 0 aliphatic carbocycles. The predicted octanol–water partition coefficient (Wildman–Crippen LogP) is 5.35. The molecule has 0 fully saturated rings. The van der Waals surface area contributed by atoms with E-state index in [4.69, 9.17) is 0 Å². The summed E-state index contributed by atoms with van der Waals surface area (Å²) in [5.41, 5.74) is 3.32. The zero-order valence-corrected chi connectivity index (χ0v) is 16.1. The first kappa shape index (κ1) is 19.2. The molecule has 3 heteroatoms. The maximum atomic E-state index is 13.1. The van der Waals surface area contributed by atoms with Gasteiger partial charge in [0.1, 0.15) is 0 Å². The Labute approximate surface area is 151 Å². The molecule has 0 aliphatic rings. The molecule has 1 atom stereocenters. The summed E-state index contributed by atoms with van der Waals surface area (Å²) in [5.74, 6) is 0.352. The van der Waals surface area contributed by atoms with E-state index in [-0.39, 0.29) is 5.91 Å². The van der Waals surface area contributed by atoms with Gasteiger partial charge in [0.15, 0.2) is 0 Å². The van der Waals surface area contributed by atoms with E-state index in [9.17, 15) is 4.79 Å². The zero-order chi connectivity index (χ0) is 18.4. The summed E-state index contributed by atoms with van der Waals surface area (Å²) in [7, 11) is 0. The van der Waals surface area contributed by atoms with Gasteiger partial charge in [0.25, 0.3) is 5.91 Å². The van der Waals surface area contributed by atoms with E-state index in [1.165, 1.54) is 12.8 Å². The van der Waals surface area contributed by atoms with Crippen LogP contribution in [0.4, 0.5) is 0 Å². The number of hydrogen-bond donors (Lipinski definition) is 1. The van der Waals surface area contributed by atoms with Gasteiger partial charge in [-0.1, -0.05) is 51.0 Å². The SMILES string of the molecule is CCCCC(C)c1cccc(C)c1C(=O)NC(C)(C)c1ccccn1. The molecule has 0 saturated carbocycles. The number of pyridine rings is 1. The van der Waals surface area contributed by atoms with Crippen LogP contribution in [0.3, 0.4) is 0 Å². The van der Waals surface area contributed by atoms with Crippen LogP contribution in [0.25, 0.3) is 0 Å². The highest BCUT2D eigenvalue weighted by molar-refractivity contribution is 5.97. The van der Waals surface area contributed by atoms with Crippen molar-refractivity contribution in [3.63, 3.8) is 0 Å². The van der Waals surface area contributed by atoms with Gasteiger partial charge in [-0.05, 0) is 56.4 Å². The third-order valence-corrected chi connectivity index (χ3v) is 4.78. The average Bonchev–Trinajstić information content (AvgIpc) is 2.59. The van der Waals surface area contributed by atoms with Gasteiger partial charge in [-0.2, -0.15) is 0 Å². The molecular formula is C22H30N2O. The Morgan fingerprint density at radius 3 is 2.60 bits per heavy atom. The molecule has 0 bridgehead atoms. The van der Waals surface area contributed by atoms with Crippen molar-refractivity contribution in [2.45, 2.75) is 65.3 Å². The molecule has 1 aromatic heterocycles. The highest BCUT2D eigenvalue weighted by Gasteiger charge is 2.27. The molecule has 2 aromatic rings. The first-order chi connectivity index (χ1) is 11.9. The number of carbonyl (C=O) groups excluding carboxylic acids is 1. The average molecular weight is 338 g/mol. The molecule has 2 rings (SSSR count). The molecule has 134 valence electrons. The maximum absolute atomic E-state index is 13.1. The van der Waals surface area contributed by atoms with Gasteiger partial charge in [0.05, 0.1) is 11.2 Å². The minimum atomic E-state index is -0.523. The molecule has 1 unspecified atom stereocenters. The number of amides is 1. The number of benzene rings is 1. The first-order valence-electron chi connectivity index (χ1n) is 9.20. The van der Waals surface area contributed by atoms with Gasteiger partial charge in [0, 0.05) is 11.8 Å². The van der Waals surface area contributed by atoms with Crippen LogP contribution in [0, 0.1) is 6.92 Å². The quantitative estimate of drug-likeness (QED) is 0.739. The van der Waals surface area contributed by atoms with Crippen LogP contribution in [0.1, 0.15) is 80.1 Å². The minimum Gasteiger partial charge on any atom is -0.342 e. The lowest BCUT2D eigenvalue weighted by atomic mass is 9.88. The van der Waals surface area contributed by atoms with Crippen molar-refractivity contribution < 1.29 is 4.79 Å². The highest BCUT2D eigenvalue weighted by Crippen LogP contribution is 2.28. The Morgan fingerprint density at radius 2 is 1.96 bits per heavy atom. The summed E-state index contributed by atoms with van der Waals surface area (Å²) in [6.45, 7) is 10.4. The summed E-state index contributed by atoms with van der Waals surface area (Å²) in [6, 6.07) is 11.9. The molecular weight excluding hydrogens is 308 g/mol. The van der Waals surface area contributed by atoms with Crippen LogP contribution in [0.2, 0.25) is 0 Å². The largest absolute Gasteiger partial charge is 0.342 e. The summed E-state index contributed by atoms with van der Waals surface area (Å²) >= 11 is 0. The Kier molecular flexibility index (Phi) is 6.35. The van der Waals surface area contributed by atoms with Crippen LogP contribution < -0.4 is 5.32 Å². The number of aromatic nitrogens is 1. The molecule has 3 nitrogen and oxygen atoms in total. The van der Waals surface area contributed by atoms with Crippen molar-refractivity contribution in [1.29, 1.82) is 0 Å². The number of hydrogen-bond acceptors (Lipinski definition) is 2. The highest BCUT2D eigenvalue weighted by atomic mass is 16.1. The van der Waals surface area contributed by atoms with E-state index in [1.807, 2.05) is 51.1 Å². The Bertz CT molecular complexity index is 707. The standard InChI is InChI=1S/C22H30N2O/c1-6-7-11-16(2)18-13-10-12-17(3)20(18)21(25)24-22(4,5)19-14-8-9-15-23-19/h8-10,12-16H,6-7,11H2,1-5H3,(H,24,25). The zero-order valence-electron chi connectivity index (χ0n) is 16.1. The van der Waals surface area contributed by atoms with E-state index in [0.717, 1.165) is 28.8 Å². The lowest BCUT2D eigenvalue weighted by Crippen LogP contribution is -2.42. The van der Waals surface area contributed by atoms with Gasteiger partial charge in [0.2, 0.25) is 0 Å². The molecule has 0 spiro atoms. The fourth-order valence-electron chi connectivity index (χ4n) is 3.22. The van der Waals surface area contributed by atoms with Crippen molar-refractivity contribution in [2.75, 3.05) is 0 Å². The van der Waals surface area contributed by atoms with Crippen molar-refractivity contribution in [2.24, 2.45) is 0 Å². The lowest BCUT2D eigenvalue weighted by molar-refractivity contribution is 0.0908. The van der Waals surface area contributed by atoms with Crippen molar-refractivity contribution in [1.82, 2.24) is 10.3 Å². The van der Waals surface area contributed by atoms with Gasteiger partial charge in [-0.15, -0.1) is 0 Å². The van der Waals surface area contributed by atoms with E-state index >= 15 is 0 Å². The predicted molar refractivity (Wildman–Crippen MR) is 104 cm³/mol. The van der Waals surface area contributed by atoms with Crippen molar-refractivity contribution in [3.8, 4) is 0 Å². The number of carbonyl (C=O) groups is 1. The minimum absolute atomic E-state index is 0.0212. The Balaban J connectivity index is 2.30. The first-order valence-corrected chi connectivity index (χ1v) is 9.20. The number of unbranched alkanes of at least 4 members (excludes halogenated alkanes) is 1. The summed E-state index contributed by atoms with van der Waals surface area (Å²) in [6.07, 6.45) is 5.21. The summed E-state index contributed by atoms with van der Waals surface area (Å²) < 4.78 is 0. The second-order valence-corrected chi connectivity index (χ2v) is 7.38. The molecule has 0 aliphatic heterocycles. The molecule has 1 N–H and O–H groups in total. The van der Waals surface area contributed by atoms with Crippen LogP contribution in [-0.2, 0) is 5.54 Å². The van der Waals surface area contributed by atoms with E-state index in [2.05, 4.69) is 30.2 Å². The van der Waals surface area contributed by atoms with Gasteiger partial charge in [-0.25, -0.2) is 0 Å². The fourth-order valence-corrected chi connectivity index (χ4v) is 3.22. The number of nitrogens with one attached hydrogen (secondary N) is 1. The lowest BCUT2D eigenvalue weighted by Gasteiger charge is -2.27. The fraction of sp³-hybridized carbons (Fsp3) is 0.455. The van der Waals surface area contributed by atoms with Crippen LogP contribution in [0.5, 0.6) is 0 Å². The molecule has 25 heavy (non-hydrogen) atoms. The Hall–Kier alpha value is -2.16. The normalized spacial score (nSPS) is 12.7. The van der Waals surface area contributed by atoms with E-state index < -0.39 is 5.54 Å². The van der Waals surface area contributed by atoms with Gasteiger partial charge < -0.3 is 5.32 Å². The monoisotopic (exact) mass is 338 g/mol. The third kappa shape index (κ3) is 4.68. The summed E-state index contributed by atoms with van der Waals surface area (Å²) in [4.78, 5) is 17.5. The number of nitrogens with zero attached hydrogens (tertiary/aromatic N) is 1.